The molecule has 0 fully saturated rings. The zero-order chi connectivity index (χ0) is 17.4. The summed E-state index contributed by atoms with van der Waals surface area (Å²) >= 11 is 0. The molecule has 0 atom stereocenters. The fraction of sp³-hybridized carbons (Fsp3) is 0.412. The van der Waals surface area contributed by atoms with Crippen molar-refractivity contribution < 1.29 is 9.53 Å². The molecule has 0 bridgehead atoms. The maximum Gasteiger partial charge on any atom is 0.271 e. The Hall–Kier alpha value is -2.70. The Morgan fingerprint density at radius 2 is 2.12 bits per heavy atom. The number of hydrogen-bond donors (Lipinski definition) is 1. The molecule has 24 heavy (non-hydrogen) atoms. The molecular weight excluding hydrogens is 308 g/mol. The molecule has 7 heteroatoms. The van der Waals surface area contributed by atoms with Crippen LogP contribution in [0.3, 0.4) is 0 Å². The SMILES string of the molecule is CCCCn1nc(C(=O)NCc2cccnc2OCC)ccc1=O. The number of unbranched alkanes of at least 4 members (excludes halogenated alkanes) is 1. The minimum atomic E-state index is -0.341. The molecule has 0 aliphatic heterocycles. The fourth-order valence-corrected chi connectivity index (χ4v) is 2.13. The van der Waals surface area contributed by atoms with Crippen molar-refractivity contribution in [2.24, 2.45) is 0 Å². The molecule has 0 saturated heterocycles. The summed E-state index contributed by atoms with van der Waals surface area (Å²) in [5.41, 5.74) is 0.797. The fourth-order valence-electron chi connectivity index (χ4n) is 2.13. The summed E-state index contributed by atoms with van der Waals surface area (Å²) in [6.45, 7) is 5.19. The summed E-state index contributed by atoms with van der Waals surface area (Å²) < 4.78 is 6.76. The maximum absolute atomic E-state index is 12.3. The Kier molecular flexibility index (Phi) is 6.48. The molecule has 0 unspecified atom stereocenters. The predicted octanol–water partition coefficient (Wildman–Crippen LogP) is 1.77. The van der Waals surface area contributed by atoms with E-state index in [1.807, 2.05) is 19.9 Å². The molecular formula is C17H22N4O3. The lowest BCUT2D eigenvalue weighted by Gasteiger charge is -2.10. The van der Waals surface area contributed by atoms with Crippen LogP contribution < -0.4 is 15.6 Å². The lowest BCUT2D eigenvalue weighted by molar-refractivity contribution is 0.0943. The first-order chi connectivity index (χ1) is 11.7. The summed E-state index contributed by atoms with van der Waals surface area (Å²) in [6, 6.07) is 6.43. The van der Waals surface area contributed by atoms with Crippen molar-refractivity contribution >= 4 is 5.91 Å². The van der Waals surface area contributed by atoms with E-state index in [0.717, 1.165) is 18.4 Å². The minimum Gasteiger partial charge on any atom is -0.478 e. The summed E-state index contributed by atoms with van der Waals surface area (Å²) in [5.74, 6) is 0.160. The van der Waals surface area contributed by atoms with Gasteiger partial charge in [0.15, 0.2) is 0 Å². The van der Waals surface area contributed by atoms with Crippen LogP contribution in [-0.4, -0.2) is 27.3 Å². The van der Waals surface area contributed by atoms with Crippen LogP contribution in [0, 0.1) is 0 Å². The Balaban J connectivity index is 2.06. The van der Waals surface area contributed by atoms with Crippen molar-refractivity contribution in [3.05, 3.63) is 52.1 Å². The van der Waals surface area contributed by atoms with Gasteiger partial charge in [0, 0.05) is 30.9 Å². The van der Waals surface area contributed by atoms with E-state index in [1.165, 1.54) is 16.8 Å². The van der Waals surface area contributed by atoms with E-state index in [0.29, 0.717) is 19.0 Å². The number of ether oxygens (including phenoxy) is 1. The molecule has 0 radical (unpaired) electrons. The number of aryl methyl sites for hydroxylation is 1. The van der Waals surface area contributed by atoms with Gasteiger partial charge in [0.05, 0.1) is 6.61 Å². The topological polar surface area (TPSA) is 86.1 Å². The lowest BCUT2D eigenvalue weighted by atomic mass is 10.2. The van der Waals surface area contributed by atoms with E-state index < -0.39 is 0 Å². The van der Waals surface area contributed by atoms with Crippen LogP contribution in [0.1, 0.15) is 42.7 Å². The van der Waals surface area contributed by atoms with Crippen LogP contribution in [0.2, 0.25) is 0 Å². The average molecular weight is 330 g/mol. The third-order valence-electron chi connectivity index (χ3n) is 3.39. The number of carbonyl (C=O) groups is 1. The second kappa shape index (κ2) is 8.81. The predicted molar refractivity (Wildman–Crippen MR) is 90.0 cm³/mol. The van der Waals surface area contributed by atoms with E-state index >= 15 is 0 Å². The number of carbonyl (C=O) groups excluding carboxylic acids is 1. The Morgan fingerprint density at radius 1 is 1.29 bits per heavy atom. The van der Waals surface area contributed by atoms with Gasteiger partial charge in [-0.25, -0.2) is 9.67 Å². The molecule has 128 valence electrons. The molecule has 0 spiro atoms. The monoisotopic (exact) mass is 330 g/mol. The quantitative estimate of drug-likeness (QED) is 0.797. The molecule has 2 heterocycles. The standard InChI is InChI=1S/C17H22N4O3/c1-3-5-11-21-15(22)9-8-14(20-21)16(23)19-12-13-7-6-10-18-17(13)24-4-2/h6-10H,3-5,11-12H2,1-2H3,(H,19,23). The number of aromatic nitrogens is 3. The minimum absolute atomic E-state index is 0.203. The van der Waals surface area contributed by atoms with E-state index in [1.54, 1.807) is 12.3 Å². The van der Waals surface area contributed by atoms with Crippen molar-refractivity contribution in [1.82, 2.24) is 20.1 Å². The van der Waals surface area contributed by atoms with Gasteiger partial charge in [0.2, 0.25) is 5.88 Å². The number of amides is 1. The zero-order valence-corrected chi connectivity index (χ0v) is 14.0. The number of pyridine rings is 1. The zero-order valence-electron chi connectivity index (χ0n) is 14.0. The van der Waals surface area contributed by atoms with Gasteiger partial charge in [-0.05, 0) is 25.5 Å². The number of nitrogens with zero attached hydrogens (tertiary/aromatic N) is 3. The molecule has 2 rings (SSSR count). The Bertz CT molecular complexity index is 743. The molecule has 0 aliphatic carbocycles. The number of rotatable bonds is 8. The summed E-state index contributed by atoms with van der Waals surface area (Å²) in [7, 11) is 0. The van der Waals surface area contributed by atoms with Gasteiger partial charge in [-0.3, -0.25) is 9.59 Å². The second-order valence-electron chi connectivity index (χ2n) is 5.22. The highest BCUT2D eigenvalue weighted by Gasteiger charge is 2.11. The highest BCUT2D eigenvalue weighted by Crippen LogP contribution is 2.13. The Morgan fingerprint density at radius 3 is 2.88 bits per heavy atom. The first-order valence-corrected chi connectivity index (χ1v) is 8.08. The lowest BCUT2D eigenvalue weighted by Crippen LogP contribution is -2.29. The normalized spacial score (nSPS) is 10.4. The third-order valence-corrected chi connectivity index (χ3v) is 3.39. The van der Waals surface area contributed by atoms with Crippen LogP contribution in [0.5, 0.6) is 5.88 Å². The smallest absolute Gasteiger partial charge is 0.271 e. The summed E-state index contributed by atoms with van der Waals surface area (Å²) in [4.78, 5) is 28.2. The summed E-state index contributed by atoms with van der Waals surface area (Å²) in [6.07, 6.45) is 3.43. The van der Waals surface area contributed by atoms with Gasteiger partial charge >= 0.3 is 0 Å². The highest BCUT2D eigenvalue weighted by atomic mass is 16.5. The van der Waals surface area contributed by atoms with Gasteiger partial charge in [-0.1, -0.05) is 19.4 Å². The number of hydrogen-bond acceptors (Lipinski definition) is 5. The first-order valence-electron chi connectivity index (χ1n) is 8.08. The van der Waals surface area contributed by atoms with E-state index in [4.69, 9.17) is 4.74 Å². The van der Waals surface area contributed by atoms with E-state index in [-0.39, 0.29) is 23.7 Å². The second-order valence-corrected chi connectivity index (χ2v) is 5.22. The largest absolute Gasteiger partial charge is 0.478 e. The van der Waals surface area contributed by atoms with Gasteiger partial charge in [0.25, 0.3) is 11.5 Å². The van der Waals surface area contributed by atoms with Gasteiger partial charge < -0.3 is 10.1 Å². The molecule has 7 nitrogen and oxygen atoms in total. The average Bonchev–Trinajstić information content (AvgIpc) is 2.60. The molecule has 2 aromatic rings. The molecule has 1 N–H and O–H groups in total. The van der Waals surface area contributed by atoms with Gasteiger partial charge in [-0.15, -0.1) is 0 Å². The van der Waals surface area contributed by atoms with Crippen molar-refractivity contribution in [3.8, 4) is 5.88 Å². The molecule has 0 aliphatic rings. The van der Waals surface area contributed by atoms with Crippen LogP contribution in [0.4, 0.5) is 0 Å². The maximum atomic E-state index is 12.3. The van der Waals surface area contributed by atoms with Crippen LogP contribution in [0.25, 0.3) is 0 Å². The van der Waals surface area contributed by atoms with Gasteiger partial charge in [-0.2, -0.15) is 5.10 Å². The van der Waals surface area contributed by atoms with Crippen molar-refractivity contribution in [3.63, 3.8) is 0 Å². The Labute approximate surface area is 140 Å². The van der Waals surface area contributed by atoms with Crippen LogP contribution >= 0.6 is 0 Å². The molecule has 0 aromatic carbocycles. The number of nitrogens with one attached hydrogen (secondary N) is 1. The molecule has 2 aromatic heterocycles. The highest BCUT2D eigenvalue weighted by molar-refractivity contribution is 5.91. The van der Waals surface area contributed by atoms with Crippen molar-refractivity contribution in [2.45, 2.75) is 39.8 Å². The van der Waals surface area contributed by atoms with E-state index in [9.17, 15) is 9.59 Å². The van der Waals surface area contributed by atoms with Crippen molar-refractivity contribution in [2.75, 3.05) is 6.61 Å². The third kappa shape index (κ3) is 4.65. The van der Waals surface area contributed by atoms with Crippen molar-refractivity contribution in [1.29, 1.82) is 0 Å². The molecule has 0 saturated carbocycles. The van der Waals surface area contributed by atoms with Gasteiger partial charge in [0.1, 0.15) is 5.69 Å². The van der Waals surface area contributed by atoms with Crippen LogP contribution in [0.15, 0.2) is 35.3 Å². The molecule has 1 amide bonds. The first kappa shape index (κ1) is 17.7. The summed E-state index contributed by atoms with van der Waals surface area (Å²) in [5, 5.41) is 6.91. The van der Waals surface area contributed by atoms with E-state index in [2.05, 4.69) is 15.4 Å². The van der Waals surface area contributed by atoms with Crippen LogP contribution in [-0.2, 0) is 13.1 Å².